The summed E-state index contributed by atoms with van der Waals surface area (Å²) in [5.74, 6) is 1.14. The van der Waals surface area contributed by atoms with E-state index in [1.165, 1.54) is 43.2 Å². The first kappa shape index (κ1) is 14.3. The van der Waals surface area contributed by atoms with E-state index in [1.807, 2.05) is 0 Å². The fraction of sp³-hybridized carbons (Fsp3) is 0.350. The molecule has 3 nitrogen and oxygen atoms in total. The lowest BCUT2D eigenvalue weighted by atomic mass is 9.95. The van der Waals surface area contributed by atoms with E-state index in [9.17, 15) is 0 Å². The largest absolute Gasteiger partial charge is 0.367 e. The molecular weight excluding hydrogens is 282 g/mol. The molecule has 4 rings (SSSR count). The molecular formula is C20H23N3. The maximum absolute atomic E-state index is 4.89. The third-order valence-corrected chi connectivity index (χ3v) is 4.76. The average molecular weight is 305 g/mol. The minimum atomic E-state index is 0.562. The van der Waals surface area contributed by atoms with E-state index in [-0.39, 0.29) is 0 Å². The molecule has 2 aromatic heterocycles. The molecule has 23 heavy (non-hydrogen) atoms. The Morgan fingerprint density at radius 2 is 1.78 bits per heavy atom. The van der Waals surface area contributed by atoms with Gasteiger partial charge in [0.05, 0.1) is 0 Å². The fourth-order valence-corrected chi connectivity index (χ4v) is 3.53. The van der Waals surface area contributed by atoms with Crippen LogP contribution in [0.15, 0.2) is 48.7 Å². The molecule has 2 heterocycles. The fourth-order valence-electron chi connectivity index (χ4n) is 3.53. The van der Waals surface area contributed by atoms with E-state index < -0.39 is 0 Å². The van der Waals surface area contributed by atoms with Crippen molar-refractivity contribution in [3.05, 3.63) is 54.2 Å². The molecule has 3 aromatic rings. The Balaban J connectivity index is 1.82. The van der Waals surface area contributed by atoms with Gasteiger partial charge < -0.3 is 5.32 Å². The highest BCUT2D eigenvalue weighted by atomic mass is 15.1. The third kappa shape index (κ3) is 2.83. The number of nitrogens with one attached hydrogen (secondary N) is 1. The van der Waals surface area contributed by atoms with Crippen molar-refractivity contribution in [1.29, 1.82) is 0 Å². The summed E-state index contributed by atoms with van der Waals surface area (Å²) in [7, 11) is 0. The van der Waals surface area contributed by atoms with Crippen molar-refractivity contribution < 1.29 is 0 Å². The summed E-state index contributed by atoms with van der Waals surface area (Å²) in [6.07, 6.45) is 8.72. The summed E-state index contributed by atoms with van der Waals surface area (Å²) in [5, 5.41) is 3.80. The molecule has 1 N–H and O–H groups in total. The van der Waals surface area contributed by atoms with Crippen molar-refractivity contribution >= 4 is 11.5 Å². The number of aromatic nitrogens is 2. The molecule has 0 radical (unpaired) electrons. The van der Waals surface area contributed by atoms with Crippen molar-refractivity contribution in [3.8, 4) is 11.3 Å². The van der Waals surface area contributed by atoms with Crippen LogP contribution in [0.25, 0.3) is 16.9 Å². The van der Waals surface area contributed by atoms with Crippen LogP contribution in [0.5, 0.6) is 0 Å². The predicted molar refractivity (Wildman–Crippen MR) is 95.9 cm³/mol. The molecule has 0 atom stereocenters. The van der Waals surface area contributed by atoms with Gasteiger partial charge in [0.15, 0.2) is 0 Å². The average Bonchev–Trinajstić information content (AvgIpc) is 2.95. The zero-order valence-electron chi connectivity index (χ0n) is 13.6. The van der Waals surface area contributed by atoms with E-state index in [2.05, 4.69) is 65.3 Å². The van der Waals surface area contributed by atoms with Gasteiger partial charge in [-0.3, -0.25) is 4.40 Å². The van der Waals surface area contributed by atoms with Gasteiger partial charge in [-0.15, -0.1) is 0 Å². The minimum absolute atomic E-state index is 0.562. The number of nitrogens with zero attached hydrogens (tertiary/aromatic N) is 2. The number of fused-ring (bicyclic) bond motifs is 1. The number of imidazole rings is 1. The molecule has 1 fully saturated rings. The van der Waals surface area contributed by atoms with Crippen molar-refractivity contribution in [2.45, 2.75) is 45.1 Å². The van der Waals surface area contributed by atoms with Crippen LogP contribution < -0.4 is 5.32 Å². The minimum Gasteiger partial charge on any atom is -0.367 e. The van der Waals surface area contributed by atoms with Crippen LogP contribution in [0, 0.1) is 6.92 Å². The van der Waals surface area contributed by atoms with Gasteiger partial charge in [0.25, 0.3) is 0 Å². The van der Waals surface area contributed by atoms with Crippen LogP contribution in [0.1, 0.15) is 37.7 Å². The molecule has 0 unspecified atom stereocenters. The van der Waals surface area contributed by atoms with E-state index in [4.69, 9.17) is 4.98 Å². The number of anilines is 1. The number of hydrogen-bond donors (Lipinski definition) is 1. The standard InChI is InChI=1S/C20H23N3/c1-15-12-13-18-22-19(16-8-4-2-5-9-16)20(23(18)14-15)21-17-10-6-3-7-11-17/h2,4-5,8-9,12-14,17,21H,3,6-7,10-11H2,1H3. The number of benzene rings is 1. The molecule has 1 aliphatic carbocycles. The quantitative estimate of drug-likeness (QED) is 0.733. The molecule has 3 heteroatoms. The number of hydrogen-bond acceptors (Lipinski definition) is 2. The lowest BCUT2D eigenvalue weighted by molar-refractivity contribution is 0.462. The Labute approximate surface area is 137 Å². The van der Waals surface area contributed by atoms with Gasteiger partial charge in [-0.1, -0.05) is 55.7 Å². The highest BCUT2D eigenvalue weighted by molar-refractivity contribution is 5.76. The molecule has 0 bridgehead atoms. The van der Waals surface area contributed by atoms with Crippen molar-refractivity contribution in [2.75, 3.05) is 5.32 Å². The van der Waals surface area contributed by atoms with Gasteiger partial charge >= 0.3 is 0 Å². The molecule has 1 aromatic carbocycles. The SMILES string of the molecule is Cc1ccc2nc(-c3ccccc3)c(NC3CCCCC3)n2c1. The summed E-state index contributed by atoms with van der Waals surface area (Å²) in [6.45, 7) is 2.13. The first-order valence-electron chi connectivity index (χ1n) is 8.62. The van der Waals surface area contributed by atoms with Gasteiger partial charge in [0.2, 0.25) is 0 Å². The maximum Gasteiger partial charge on any atom is 0.139 e. The summed E-state index contributed by atoms with van der Waals surface area (Å²) in [5.41, 5.74) is 4.49. The van der Waals surface area contributed by atoms with Gasteiger partial charge in [-0.25, -0.2) is 4.98 Å². The summed E-state index contributed by atoms with van der Waals surface area (Å²) >= 11 is 0. The van der Waals surface area contributed by atoms with Crippen LogP contribution in [0.4, 0.5) is 5.82 Å². The predicted octanol–water partition coefficient (Wildman–Crippen LogP) is 5.05. The van der Waals surface area contributed by atoms with Gasteiger partial charge in [-0.2, -0.15) is 0 Å². The summed E-state index contributed by atoms with van der Waals surface area (Å²) < 4.78 is 2.21. The summed E-state index contributed by atoms with van der Waals surface area (Å²) in [4.78, 5) is 4.89. The second-order valence-electron chi connectivity index (χ2n) is 6.59. The van der Waals surface area contributed by atoms with Crippen molar-refractivity contribution in [3.63, 3.8) is 0 Å². The molecule has 0 aliphatic heterocycles. The van der Waals surface area contributed by atoms with Gasteiger partial charge in [0.1, 0.15) is 17.2 Å². The Morgan fingerprint density at radius 3 is 2.57 bits per heavy atom. The first-order chi connectivity index (χ1) is 11.3. The Kier molecular flexibility index (Phi) is 3.78. The van der Waals surface area contributed by atoms with Crippen LogP contribution in [-0.2, 0) is 0 Å². The lowest BCUT2D eigenvalue weighted by Gasteiger charge is -2.24. The lowest BCUT2D eigenvalue weighted by Crippen LogP contribution is -2.23. The molecule has 118 valence electrons. The van der Waals surface area contributed by atoms with E-state index in [0.717, 1.165) is 17.2 Å². The Morgan fingerprint density at radius 1 is 1.00 bits per heavy atom. The molecule has 0 amide bonds. The summed E-state index contributed by atoms with van der Waals surface area (Å²) in [6, 6.07) is 15.3. The highest BCUT2D eigenvalue weighted by Crippen LogP contribution is 2.31. The normalized spacial score (nSPS) is 15.9. The second kappa shape index (κ2) is 6.07. The first-order valence-corrected chi connectivity index (χ1v) is 8.62. The van der Waals surface area contributed by atoms with Crippen LogP contribution in [0.2, 0.25) is 0 Å². The number of aryl methyl sites for hydroxylation is 1. The van der Waals surface area contributed by atoms with Gasteiger partial charge in [0, 0.05) is 17.8 Å². The van der Waals surface area contributed by atoms with E-state index in [0.29, 0.717) is 6.04 Å². The molecule has 1 aliphatic rings. The number of rotatable bonds is 3. The van der Waals surface area contributed by atoms with Crippen LogP contribution >= 0.6 is 0 Å². The van der Waals surface area contributed by atoms with Crippen LogP contribution in [0.3, 0.4) is 0 Å². The van der Waals surface area contributed by atoms with Crippen molar-refractivity contribution in [1.82, 2.24) is 9.38 Å². The molecule has 0 spiro atoms. The Hall–Kier alpha value is -2.29. The smallest absolute Gasteiger partial charge is 0.139 e. The third-order valence-electron chi connectivity index (χ3n) is 4.76. The number of pyridine rings is 1. The Bertz CT molecular complexity index is 798. The highest BCUT2D eigenvalue weighted by Gasteiger charge is 2.19. The monoisotopic (exact) mass is 305 g/mol. The molecule has 1 saturated carbocycles. The van der Waals surface area contributed by atoms with Gasteiger partial charge in [-0.05, 0) is 31.4 Å². The zero-order valence-corrected chi connectivity index (χ0v) is 13.6. The van der Waals surface area contributed by atoms with E-state index in [1.54, 1.807) is 0 Å². The second-order valence-corrected chi connectivity index (χ2v) is 6.59. The van der Waals surface area contributed by atoms with E-state index >= 15 is 0 Å². The molecule has 0 saturated heterocycles. The maximum atomic E-state index is 4.89. The zero-order chi connectivity index (χ0) is 15.6. The van der Waals surface area contributed by atoms with Crippen molar-refractivity contribution in [2.24, 2.45) is 0 Å². The topological polar surface area (TPSA) is 29.3 Å². The van der Waals surface area contributed by atoms with Crippen LogP contribution in [-0.4, -0.2) is 15.4 Å².